The number of rotatable bonds is 3. The molecule has 160 valence electrons. The summed E-state index contributed by atoms with van der Waals surface area (Å²) in [4.78, 5) is 0. The zero-order valence-corrected chi connectivity index (χ0v) is 19.2. The van der Waals surface area contributed by atoms with Crippen LogP contribution in [0.1, 0.15) is 46.1 Å². The monoisotopic (exact) mass is 421 g/mol. The topological polar surface area (TPSA) is 21.9 Å². The number of aromatic nitrogens is 2. The molecule has 0 N–H and O–H groups in total. The fourth-order valence-corrected chi connectivity index (χ4v) is 6.05. The fraction of sp³-hybridized carbons (Fsp3) is 0.276. The zero-order valence-electron chi connectivity index (χ0n) is 19.2. The second-order valence-corrected chi connectivity index (χ2v) is 9.47. The van der Waals surface area contributed by atoms with Gasteiger partial charge in [0.05, 0.1) is 10.9 Å². The van der Waals surface area contributed by atoms with E-state index in [-0.39, 0.29) is 11.0 Å². The highest BCUT2D eigenvalue weighted by molar-refractivity contribution is 6.09. The molecule has 3 aromatic carbocycles. The van der Waals surface area contributed by atoms with Crippen LogP contribution in [0.2, 0.25) is 0 Å². The number of benzene rings is 3. The Kier molecular flexibility index (Phi) is 3.98. The van der Waals surface area contributed by atoms with Crippen LogP contribution in [0.25, 0.3) is 39.0 Å². The Morgan fingerprint density at radius 2 is 1.59 bits per heavy atom. The van der Waals surface area contributed by atoms with E-state index in [1.165, 1.54) is 22.3 Å². The number of hydrogen-bond donors (Lipinski definition) is 0. The predicted molar refractivity (Wildman–Crippen MR) is 130 cm³/mol. The molecule has 0 bridgehead atoms. The SMILES string of the molecule is CCC1(C)c2ccccc2-c2n(-c3cccc4oc5ccccc5c34)cc[n+]2C1(C)CC. The third kappa shape index (κ3) is 2.24. The van der Waals surface area contributed by atoms with Crippen molar-refractivity contribution in [1.82, 2.24) is 4.57 Å². The van der Waals surface area contributed by atoms with Crippen molar-refractivity contribution < 1.29 is 8.98 Å². The molecule has 0 spiro atoms. The van der Waals surface area contributed by atoms with E-state index in [1.807, 2.05) is 6.07 Å². The summed E-state index contributed by atoms with van der Waals surface area (Å²) in [6.07, 6.45) is 6.67. The molecule has 0 fully saturated rings. The second-order valence-electron chi connectivity index (χ2n) is 9.47. The van der Waals surface area contributed by atoms with E-state index in [9.17, 15) is 0 Å². The normalized spacial score (nSPS) is 22.2. The minimum atomic E-state index is -0.0248. The largest absolute Gasteiger partial charge is 0.456 e. The highest BCUT2D eigenvalue weighted by Gasteiger charge is 2.55. The van der Waals surface area contributed by atoms with Gasteiger partial charge in [0.25, 0.3) is 5.82 Å². The highest BCUT2D eigenvalue weighted by Crippen LogP contribution is 2.50. The van der Waals surface area contributed by atoms with E-state index in [1.54, 1.807) is 0 Å². The lowest BCUT2D eigenvalue weighted by Gasteiger charge is -2.47. The lowest BCUT2D eigenvalue weighted by atomic mass is 9.61. The lowest BCUT2D eigenvalue weighted by molar-refractivity contribution is -0.764. The van der Waals surface area contributed by atoms with Crippen LogP contribution in [0.5, 0.6) is 0 Å². The van der Waals surface area contributed by atoms with E-state index in [0.29, 0.717) is 0 Å². The van der Waals surface area contributed by atoms with E-state index < -0.39 is 0 Å². The maximum atomic E-state index is 6.20. The van der Waals surface area contributed by atoms with Gasteiger partial charge in [-0.25, -0.2) is 4.57 Å². The average molecular weight is 422 g/mol. The lowest BCUT2D eigenvalue weighted by Crippen LogP contribution is -2.67. The molecule has 0 amide bonds. The second kappa shape index (κ2) is 6.59. The number of para-hydroxylation sites is 1. The third-order valence-corrected chi connectivity index (χ3v) is 8.34. The standard InChI is InChI=1S/C29H29N2O/c1-5-28(3)22-14-9-7-12-20(22)27-30(18-19-31(27)29(28,4)6-2)23-15-11-17-25-26(23)21-13-8-10-16-24(21)32-25/h7-19H,5-6H2,1-4H3/q+1. The Bertz CT molecular complexity index is 1490. The number of imidazole rings is 1. The van der Waals surface area contributed by atoms with Gasteiger partial charge in [-0.3, -0.25) is 0 Å². The molecular weight excluding hydrogens is 392 g/mol. The summed E-state index contributed by atoms with van der Waals surface area (Å²) in [5.41, 5.74) is 5.81. The molecule has 0 saturated carbocycles. The van der Waals surface area contributed by atoms with Crippen molar-refractivity contribution in [3.05, 3.63) is 84.7 Å². The van der Waals surface area contributed by atoms with Crippen LogP contribution in [-0.4, -0.2) is 4.57 Å². The van der Waals surface area contributed by atoms with Crippen LogP contribution in [0.15, 0.2) is 83.5 Å². The van der Waals surface area contributed by atoms with Gasteiger partial charge in [0.1, 0.15) is 34.8 Å². The van der Waals surface area contributed by atoms with Crippen molar-refractivity contribution in [3.8, 4) is 17.1 Å². The first-order valence-electron chi connectivity index (χ1n) is 11.7. The molecule has 3 heterocycles. The Morgan fingerprint density at radius 3 is 2.41 bits per heavy atom. The Balaban J connectivity index is 1.73. The molecule has 2 aromatic heterocycles. The molecule has 3 heteroatoms. The van der Waals surface area contributed by atoms with Gasteiger partial charge in [0.2, 0.25) is 0 Å². The molecule has 2 atom stereocenters. The molecule has 1 aliphatic heterocycles. The molecule has 6 rings (SSSR count). The van der Waals surface area contributed by atoms with Crippen molar-refractivity contribution in [2.45, 2.75) is 51.5 Å². The number of hydrogen-bond acceptors (Lipinski definition) is 1. The van der Waals surface area contributed by atoms with E-state index in [4.69, 9.17) is 4.42 Å². The maximum Gasteiger partial charge on any atom is 0.294 e. The van der Waals surface area contributed by atoms with Crippen LogP contribution >= 0.6 is 0 Å². The van der Waals surface area contributed by atoms with Crippen LogP contribution in [0, 0.1) is 0 Å². The van der Waals surface area contributed by atoms with Gasteiger partial charge in [-0.2, -0.15) is 4.57 Å². The molecule has 2 unspecified atom stereocenters. The molecule has 0 aliphatic carbocycles. The Hall–Kier alpha value is -3.33. The van der Waals surface area contributed by atoms with Gasteiger partial charge < -0.3 is 4.42 Å². The van der Waals surface area contributed by atoms with Crippen molar-refractivity contribution >= 4 is 21.9 Å². The predicted octanol–water partition coefficient (Wildman–Crippen LogP) is 7.14. The van der Waals surface area contributed by atoms with E-state index in [2.05, 4.69) is 110 Å². The summed E-state index contributed by atoms with van der Waals surface area (Å²) in [5, 5.41) is 2.33. The first kappa shape index (κ1) is 19.4. The first-order chi connectivity index (χ1) is 15.5. The molecule has 5 aromatic rings. The summed E-state index contributed by atoms with van der Waals surface area (Å²) in [6, 6.07) is 23.7. The maximum absolute atomic E-state index is 6.20. The zero-order chi connectivity index (χ0) is 22.1. The molecule has 3 nitrogen and oxygen atoms in total. The average Bonchev–Trinajstić information content (AvgIpc) is 3.45. The molecular formula is C29H29N2O+. The van der Waals surface area contributed by atoms with Crippen molar-refractivity contribution in [2.24, 2.45) is 0 Å². The van der Waals surface area contributed by atoms with Gasteiger partial charge in [-0.05, 0) is 49.6 Å². The van der Waals surface area contributed by atoms with Crippen molar-refractivity contribution in [2.75, 3.05) is 0 Å². The fourth-order valence-electron chi connectivity index (χ4n) is 6.05. The van der Waals surface area contributed by atoms with Crippen LogP contribution in [0.4, 0.5) is 0 Å². The van der Waals surface area contributed by atoms with E-state index >= 15 is 0 Å². The molecule has 0 saturated heterocycles. The van der Waals surface area contributed by atoms with Gasteiger partial charge >= 0.3 is 0 Å². The smallest absolute Gasteiger partial charge is 0.294 e. The molecule has 32 heavy (non-hydrogen) atoms. The van der Waals surface area contributed by atoms with Crippen LogP contribution in [-0.2, 0) is 11.0 Å². The quantitative estimate of drug-likeness (QED) is 0.284. The number of fused-ring (bicyclic) bond motifs is 6. The Morgan fingerprint density at radius 1 is 0.844 bits per heavy atom. The van der Waals surface area contributed by atoms with Gasteiger partial charge in [-0.15, -0.1) is 0 Å². The minimum absolute atomic E-state index is 0.0248. The molecule has 1 aliphatic rings. The Labute approximate surface area is 188 Å². The molecule has 0 radical (unpaired) electrons. The van der Waals surface area contributed by atoms with Gasteiger partial charge in [-0.1, -0.05) is 63.2 Å². The van der Waals surface area contributed by atoms with Crippen molar-refractivity contribution in [3.63, 3.8) is 0 Å². The number of furan rings is 1. The number of nitrogens with zero attached hydrogens (tertiary/aromatic N) is 2. The highest BCUT2D eigenvalue weighted by atomic mass is 16.3. The van der Waals surface area contributed by atoms with E-state index in [0.717, 1.165) is 35.1 Å². The summed E-state index contributed by atoms with van der Waals surface area (Å²) in [5.74, 6) is 1.24. The van der Waals surface area contributed by atoms with Gasteiger partial charge in [0, 0.05) is 10.8 Å². The first-order valence-corrected chi connectivity index (χ1v) is 11.7. The summed E-state index contributed by atoms with van der Waals surface area (Å²) in [6.45, 7) is 9.51. The van der Waals surface area contributed by atoms with Crippen LogP contribution in [0.3, 0.4) is 0 Å². The summed E-state index contributed by atoms with van der Waals surface area (Å²) in [7, 11) is 0. The summed E-state index contributed by atoms with van der Waals surface area (Å²) >= 11 is 0. The third-order valence-electron chi connectivity index (χ3n) is 8.34. The summed E-state index contributed by atoms with van der Waals surface area (Å²) < 4.78 is 11.1. The minimum Gasteiger partial charge on any atom is -0.456 e. The van der Waals surface area contributed by atoms with Gasteiger partial charge in [0.15, 0.2) is 0 Å². The van der Waals surface area contributed by atoms with Crippen LogP contribution < -0.4 is 4.57 Å². The van der Waals surface area contributed by atoms with Crippen molar-refractivity contribution in [1.29, 1.82) is 0 Å².